The first-order chi connectivity index (χ1) is 14.7. The van der Waals surface area contributed by atoms with Crippen molar-refractivity contribution in [3.63, 3.8) is 0 Å². The Morgan fingerprint density at radius 2 is 1.74 bits per heavy atom. The number of nitrogens with zero attached hydrogens (tertiary/aromatic N) is 2. The fraction of sp³-hybridized carbons (Fsp3) is 0.409. The number of halogens is 1. The second-order valence-electron chi connectivity index (χ2n) is 8.03. The highest BCUT2D eigenvalue weighted by Crippen LogP contribution is 2.26. The normalized spacial score (nSPS) is 15.8. The van der Waals surface area contributed by atoms with Crippen LogP contribution in [0.25, 0.3) is 0 Å². The van der Waals surface area contributed by atoms with Gasteiger partial charge in [-0.25, -0.2) is 8.42 Å². The Bertz CT molecular complexity index is 1020. The number of nitrogens with one attached hydrogen (secondary N) is 1. The maximum atomic E-state index is 12.9. The fourth-order valence-corrected chi connectivity index (χ4v) is 4.93. The minimum Gasteiger partial charge on any atom is -0.492 e. The van der Waals surface area contributed by atoms with E-state index in [1.54, 1.807) is 24.3 Å². The van der Waals surface area contributed by atoms with Crippen molar-refractivity contribution in [3.8, 4) is 5.75 Å². The summed E-state index contributed by atoms with van der Waals surface area (Å²) in [5, 5.41) is 2.82. The van der Waals surface area contributed by atoms with E-state index < -0.39 is 10.0 Å². The van der Waals surface area contributed by atoms with Crippen LogP contribution in [0.2, 0.25) is 0 Å². The molecular weight excluding hydrogens is 482 g/mol. The Morgan fingerprint density at radius 3 is 2.35 bits per heavy atom. The van der Waals surface area contributed by atoms with Crippen LogP contribution in [0.3, 0.4) is 0 Å². The Kier molecular flexibility index (Phi) is 7.74. The Balaban J connectivity index is 1.73. The Hall–Kier alpha value is -1.94. The van der Waals surface area contributed by atoms with Gasteiger partial charge in [0.05, 0.1) is 17.1 Å². The zero-order valence-electron chi connectivity index (χ0n) is 18.0. The molecule has 9 heteroatoms. The van der Waals surface area contributed by atoms with Crippen LogP contribution in [0.15, 0.2) is 51.8 Å². The molecule has 1 saturated heterocycles. The highest BCUT2D eigenvalue weighted by molar-refractivity contribution is 9.10. The van der Waals surface area contributed by atoms with Crippen LogP contribution < -0.4 is 10.1 Å². The van der Waals surface area contributed by atoms with Crippen LogP contribution in [0.4, 0.5) is 5.69 Å². The average molecular weight is 510 g/mol. The lowest BCUT2D eigenvalue weighted by atomic mass is 10.1. The van der Waals surface area contributed by atoms with Crippen molar-refractivity contribution in [2.75, 3.05) is 45.2 Å². The van der Waals surface area contributed by atoms with Crippen molar-refractivity contribution in [2.24, 2.45) is 5.92 Å². The van der Waals surface area contributed by atoms with Gasteiger partial charge in [0.1, 0.15) is 5.75 Å². The number of benzene rings is 2. The molecule has 1 fully saturated rings. The van der Waals surface area contributed by atoms with Crippen molar-refractivity contribution in [2.45, 2.75) is 18.7 Å². The van der Waals surface area contributed by atoms with E-state index in [9.17, 15) is 13.2 Å². The molecule has 3 rings (SSSR count). The predicted octanol–water partition coefficient (Wildman–Crippen LogP) is 3.67. The summed E-state index contributed by atoms with van der Waals surface area (Å²) in [4.78, 5) is 15.2. The first-order valence-corrected chi connectivity index (χ1v) is 12.4. The number of amides is 1. The van der Waals surface area contributed by atoms with Gasteiger partial charge in [0.2, 0.25) is 10.0 Å². The zero-order valence-corrected chi connectivity index (χ0v) is 20.4. The van der Waals surface area contributed by atoms with Gasteiger partial charge in [0.25, 0.3) is 5.91 Å². The van der Waals surface area contributed by atoms with Crippen LogP contribution in [0.1, 0.15) is 24.2 Å². The third-order valence-corrected chi connectivity index (χ3v) is 7.38. The van der Waals surface area contributed by atoms with Crippen molar-refractivity contribution in [1.82, 2.24) is 9.21 Å². The van der Waals surface area contributed by atoms with E-state index in [0.717, 1.165) is 4.47 Å². The number of hydrogen-bond acceptors (Lipinski definition) is 5. The molecular formula is C22H28BrN3O4S. The third kappa shape index (κ3) is 6.06. The number of carbonyl (C=O) groups is 1. The van der Waals surface area contributed by atoms with Crippen molar-refractivity contribution in [3.05, 3.63) is 52.5 Å². The van der Waals surface area contributed by atoms with Crippen molar-refractivity contribution < 1.29 is 17.9 Å². The van der Waals surface area contributed by atoms with Crippen LogP contribution in [0.5, 0.6) is 5.75 Å². The smallest absolute Gasteiger partial charge is 0.259 e. The monoisotopic (exact) mass is 509 g/mol. The van der Waals surface area contributed by atoms with Crippen LogP contribution in [-0.2, 0) is 10.0 Å². The second kappa shape index (κ2) is 10.1. The lowest BCUT2D eigenvalue weighted by Crippen LogP contribution is -2.46. The molecule has 7 nitrogen and oxygen atoms in total. The molecule has 1 N–H and O–H groups in total. The largest absolute Gasteiger partial charge is 0.492 e. The minimum absolute atomic E-state index is 0.221. The molecule has 0 aliphatic carbocycles. The third-order valence-electron chi connectivity index (χ3n) is 4.97. The number of sulfonamides is 1. The van der Waals surface area contributed by atoms with Crippen molar-refractivity contribution in [1.29, 1.82) is 0 Å². The molecule has 0 bridgehead atoms. The average Bonchev–Trinajstić information content (AvgIpc) is 2.73. The SMILES string of the molecule is CC(C)COc1ccc(Br)cc1C(=O)Nc1ccc(S(=O)(=O)N2CCN(C)CC2)cc1. The fourth-order valence-electron chi connectivity index (χ4n) is 3.15. The lowest BCUT2D eigenvalue weighted by molar-refractivity contribution is 0.102. The number of carbonyl (C=O) groups excluding carboxylic acids is 1. The van der Waals surface area contributed by atoms with E-state index in [-0.39, 0.29) is 10.8 Å². The molecule has 0 unspecified atom stereocenters. The second-order valence-corrected chi connectivity index (χ2v) is 10.9. The van der Waals surface area contributed by atoms with Crippen LogP contribution in [-0.4, -0.2) is 63.4 Å². The summed E-state index contributed by atoms with van der Waals surface area (Å²) in [5.74, 6) is 0.507. The lowest BCUT2D eigenvalue weighted by Gasteiger charge is -2.31. The van der Waals surface area contributed by atoms with Gasteiger partial charge in [-0.15, -0.1) is 0 Å². The van der Waals surface area contributed by atoms with E-state index >= 15 is 0 Å². The maximum absolute atomic E-state index is 12.9. The molecule has 1 heterocycles. The number of likely N-dealkylation sites (N-methyl/N-ethyl adjacent to an activating group) is 1. The van der Waals surface area contributed by atoms with Crippen LogP contribution in [0, 0.1) is 5.92 Å². The summed E-state index contributed by atoms with van der Waals surface area (Å²) in [5.41, 5.74) is 0.918. The number of ether oxygens (including phenoxy) is 1. The summed E-state index contributed by atoms with van der Waals surface area (Å²) < 4.78 is 33.8. The molecule has 31 heavy (non-hydrogen) atoms. The minimum atomic E-state index is -3.54. The summed E-state index contributed by atoms with van der Waals surface area (Å²) in [6.45, 7) is 6.94. The molecule has 2 aromatic rings. The molecule has 1 amide bonds. The van der Waals surface area contributed by atoms with Gasteiger partial charge in [-0.1, -0.05) is 29.8 Å². The van der Waals surface area contributed by atoms with Gasteiger partial charge < -0.3 is 15.0 Å². The molecule has 0 atom stereocenters. The summed E-state index contributed by atoms with van der Waals surface area (Å²) >= 11 is 3.39. The molecule has 0 saturated carbocycles. The molecule has 0 aromatic heterocycles. The van der Waals surface area contributed by atoms with E-state index in [0.29, 0.717) is 55.7 Å². The standard InChI is InChI=1S/C22H28BrN3O4S/c1-16(2)15-30-21-9-4-17(23)14-20(21)22(27)24-18-5-7-19(8-6-18)31(28,29)26-12-10-25(3)11-13-26/h4-9,14,16H,10-13,15H2,1-3H3,(H,24,27). The molecule has 1 aliphatic rings. The van der Waals surface area contributed by atoms with Gasteiger partial charge in [-0.05, 0) is 55.4 Å². The number of hydrogen-bond donors (Lipinski definition) is 1. The van der Waals surface area contributed by atoms with E-state index in [1.165, 1.54) is 16.4 Å². The molecule has 2 aromatic carbocycles. The van der Waals surface area contributed by atoms with Gasteiger partial charge in [-0.3, -0.25) is 4.79 Å². The number of piperazine rings is 1. The van der Waals surface area contributed by atoms with Crippen LogP contribution >= 0.6 is 15.9 Å². The summed E-state index contributed by atoms with van der Waals surface area (Å²) in [6.07, 6.45) is 0. The highest BCUT2D eigenvalue weighted by Gasteiger charge is 2.27. The molecule has 0 spiro atoms. The quantitative estimate of drug-likeness (QED) is 0.615. The first kappa shape index (κ1) is 23.7. The predicted molar refractivity (Wildman–Crippen MR) is 125 cm³/mol. The molecule has 1 aliphatic heterocycles. The zero-order chi connectivity index (χ0) is 22.6. The van der Waals surface area contributed by atoms with Gasteiger partial charge in [-0.2, -0.15) is 4.31 Å². The van der Waals surface area contributed by atoms with Gasteiger partial charge >= 0.3 is 0 Å². The summed E-state index contributed by atoms with van der Waals surface area (Å²) in [7, 11) is -1.56. The van der Waals surface area contributed by atoms with Gasteiger partial charge in [0, 0.05) is 36.3 Å². The number of rotatable bonds is 7. The molecule has 168 valence electrons. The molecule has 0 radical (unpaired) electrons. The van der Waals surface area contributed by atoms with E-state index in [4.69, 9.17) is 4.74 Å². The summed E-state index contributed by atoms with van der Waals surface area (Å²) in [6, 6.07) is 11.6. The number of anilines is 1. The topological polar surface area (TPSA) is 78.9 Å². The van der Waals surface area contributed by atoms with Gasteiger partial charge in [0.15, 0.2) is 0 Å². The maximum Gasteiger partial charge on any atom is 0.259 e. The first-order valence-electron chi connectivity index (χ1n) is 10.2. The van der Waals surface area contributed by atoms with Crippen molar-refractivity contribution >= 4 is 37.5 Å². The van der Waals surface area contributed by atoms with E-state index in [1.807, 2.05) is 27.0 Å². The highest BCUT2D eigenvalue weighted by atomic mass is 79.9. The Labute approximate surface area is 192 Å². The van der Waals surface area contributed by atoms with E-state index in [2.05, 4.69) is 26.1 Å². The Morgan fingerprint density at radius 1 is 1.10 bits per heavy atom.